The zero-order valence-electron chi connectivity index (χ0n) is 12.9. The molecule has 118 valence electrons. The summed E-state index contributed by atoms with van der Waals surface area (Å²) in [6.45, 7) is 0.445. The van der Waals surface area contributed by atoms with Crippen LogP contribution in [0.3, 0.4) is 0 Å². The van der Waals surface area contributed by atoms with Crippen molar-refractivity contribution in [2.45, 2.75) is 38.1 Å². The number of hydrogen-bond donors (Lipinski definition) is 0. The van der Waals surface area contributed by atoms with Crippen molar-refractivity contribution < 1.29 is 13.9 Å². The predicted molar refractivity (Wildman–Crippen MR) is 87.7 cm³/mol. The molecular formula is C20H19FO2. The molecule has 1 fully saturated rings. The summed E-state index contributed by atoms with van der Waals surface area (Å²) in [5.74, 6) is 0.342. The summed E-state index contributed by atoms with van der Waals surface area (Å²) in [6.07, 6.45) is 5.42. The fourth-order valence-electron chi connectivity index (χ4n) is 3.33. The maximum atomic E-state index is 14.5. The van der Waals surface area contributed by atoms with Crippen molar-refractivity contribution >= 4 is 5.57 Å². The fourth-order valence-corrected chi connectivity index (χ4v) is 3.33. The van der Waals surface area contributed by atoms with E-state index in [4.69, 9.17) is 9.47 Å². The van der Waals surface area contributed by atoms with Crippen LogP contribution in [0.25, 0.3) is 5.57 Å². The van der Waals surface area contributed by atoms with Gasteiger partial charge in [-0.2, -0.15) is 0 Å². The summed E-state index contributed by atoms with van der Waals surface area (Å²) in [5.41, 5.74) is 2.81. The summed E-state index contributed by atoms with van der Waals surface area (Å²) < 4.78 is 25.9. The molecule has 2 aromatic carbocycles. The van der Waals surface area contributed by atoms with Gasteiger partial charge < -0.3 is 9.47 Å². The Morgan fingerprint density at radius 1 is 1.09 bits per heavy atom. The van der Waals surface area contributed by atoms with Crippen molar-refractivity contribution in [1.29, 1.82) is 0 Å². The van der Waals surface area contributed by atoms with Crippen LogP contribution in [0, 0.1) is 5.82 Å². The second-order valence-electron chi connectivity index (χ2n) is 6.19. The molecule has 23 heavy (non-hydrogen) atoms. The summed E-state index contributed by atoms with van der Waals surface area (Å²) >= 11 is 0. The van der Waals surface area contributed by atoms with Crippen LogP contribution in [0.15, 0.2) is 54.6 Å². The lowest BCUT2D eigenvalue weighted by molar-refractivity contribution is 0.0671. The van der Waals surface area contributed by atoms with Crippen molar-refractivity contribution in [3.63, 3.8) is 0 Å². The molecule has 2 aromatic rings. The van der Waals surface area contributed by atoms with E-state index in [0.29, 0.717) is 17.9 Å². The van der Waals surface area contributed by atoms with Crippen LogP contribution in [0.4, 0.5) is 4.39 Å². The Labute approximate surface area is 135 Å². The maximum absolute atomic E-state index is 14.5. The molecule has 0 saturated carbocycles. The second kappa shape index (κ2) is 6.17. The number of halogens is 1. The number of hydrogen-bond acceptors (Lipinski definition) is 2. The molecule has 2 atom stereocenters. The first-order valence-electron chi connectivity index (χ1n) is 8.11. The van der Waals surface area contributed by atoms with Crippen LogP contribution < -0.4 is 4.74 Å². The minimum Gasteiger partial charge on any atom is -0.489 e. The lowest BCUT2D eigenvalue weighted by atomic mass is 9.98. The molecule has 0 aliphatic carbocycles. The summed E-state index contributed by atoms with van der Waals surface area (Å²) in [7, 11) is 0. The van der Waals surface area contributed by atoms with Crippen LogP contribution in [0.5, 0.6) is 5.75 Å². The second-order valence-corrected chi connectivity index (χ2v) is 6.19. The number of fused-ring (bicyclic) bond motifs is 2. The number of benzene rings is 2. The van der Waals surface area contributed by atoms with Gasteiger partial charge in [0, 0.05) is 11.6 Å². The number of ether oxygens (including phenoxy) is 2. The Morgan fingerprint density at radius 3 is 2.74 bits per heavy atom. The van der Waals surface area contributed by atoms with Gasteiger partial charge in [-0.3, -0.25) is 0 Å². The van der Waals surface area contributed by atoms with Gasteiger partial charge in [0.2, 0.25) is 0 Å². The zero-order valence-corrected chi connectivity index (χ0v) is 12.9. The molecule has 0 spiro atoms. The monoisotopic (exact) mass is 310 g/mol. The zero-order chi connectivity index (χ0) is 15.6. The fraction of sp³-hybridized carbons (Fsp3) is 0.300. The van der Waals surface area contributed by atoms with Crippen molar-refractivity contribution in [3.05, 3.63) is 71.6 Å². The van der Waals surface area contributed by atoms with E-state index in [9.17, 15) is 4.39 Å². The number of rotatable bonds is 4. The average molecular weight is 310 g/mol. The minimum atomic E-state index is -0.219. The molecule has 2 heterocycles. The molecule has 2 aliphatic rings. The van der Waals surface area contributed by atoms with Gasteiger partial charge >= 0.3 is 0 Å². The minimum absolute atomic E-state index is 0.164. The van der Waals surface area contributed by atoms with Gasteiger partial charge in [0.1, 0.15) is 18.2 Å². The quantitative estimate of drug-likeness (QED) is 0.812. The third-order valence-electron chi connectivity index (χ3n) is 4.51. The summed E-state index contributed by atoms with van der Waals surface area (Å²) in [6, 6.07) is 15.0. The lowest BCUT2D eigenvalue weighted by Gasteiger charge is -2.21. The van der Waals surface area contributed by atoms with E-state index < -0.39 is 0 Å². The Balaban J connectivity index is 1.49. The molecule has 0 N–H and O–H groups in total. The van der Waals surface area contributed by atoms with Crippen molar-refractivity contribution in [1.82, 2.24) is 0 Å². The third-order valence-corrected chi connectivity index (χ3v) is 4.51. The van der Waals surface area contributed by atoms with Crippen LogP contribution >= 0.6 is 0 Å². The summed E-state index contributed by atoms with van der Waals surface area (Å²) in [5, 5.41) is 0. The van der Waals surface area contributed by atoms with E-state index in [1.807, 2.05) is 42.5 Å². The van der Waals surface area contributed by atoms with Gasteiger partial charge in [-0.1, -0.05) is 36.4 Å². The highest BCUT2D eigenvalue weighted by molar-refractivity contribution is 5.68. The summed E-state index contributed by atoms with van der Waals surface area (Å²) in [4.78, 5) is 0. The molecule has 4 rings (SSSR count). The Morgan fingerprint density at radius 2 is 1.96 bits per heavy atom. The lowest BCUT2D eigenvalue weighted by Crippen LogP contribution is -2.16. The topological polar surface area (TPSA) is 18.5 Å². The van der Waals surface area contributed by atoms with E-state index in [0.717, 1.165) is 30.4 Å². The highest BCUT2D eigenvalue weighted by atomic mass is 19.1. The Kier molecular flexibility index (Phi) is 3.88. The van der Waals surface area contributed by atoms with E-state index in [-0.39, 0.29) is 18.0 Å². The van der Waals surface area contributed by atoms with Crippen molar-refractivity contribution in [2.75, 3.05) is 0 Å². The normalized spacial score (nSPS) is 22.7. The largest absolute Gasteiger partial charge is 0.489 e. The van der Waals surface area contributed by atoms with Crippen LogP contribution in [-0.4, -0.2) is 12.2 Å². The molecule has 2 nitrogen and oxygen atoms in total. The highest BCUT2D eigenvalue weighted by Crippen LogP contribution is 2.37. The van der Waals surface area contributed by atoms with E-state index in [1.165, 1.54) is 6.07 Å². The van der Waals surface area contributed by atoms with Crippen LogP contribution in [0.1, 0.15) is 30.4 Å². The van der Waals surface area contributed by atoms with Gasteiger partial charge in [0.15, 0.2) is 0 Å². The third kappa shape index (κ3) is 3.15. The first-order chi connectivity index (χ1) is 11.3. The molecule has 2 bridgehead atoms. The Bertz CT molecular complexity index is 724. The molecule has 0 aromatic heterocycles. The molecule has 2 unspecified atom stereocenters. The highest BCUT2D eigenvalue weighted by Gasteiger charge is 2.30. The van der Waals surface area contributed by atoms with Gasteiger partial charge in [-0.15, -0.1) is 0 Å². The van der Waals surface area contributed by atoms with E-state index in [1.54, 1.807) is 0 Å². The molecular weight excluding hydrogens is 291 g/mol. The molecule has 1 saturated heterocycles. The molecule has 0 amide bonds. The molecule has 0 radical (unpaired) electrons. The van der Waals surface area contributed by atoms with E-state index >= 15 is 0 Å². The average Bonchev–Trinajstić information content (AvgIpc) is 2.92. The van der Waals surface area contributed by atoms with E-state index in [2.05, 4.69) is 6.08 Å². The predicted octanol–water partition coefficient (Wildman–Crippen LogP) is 4.74. The van der Waals surface area contributed by atoms with Crippen molar-refractivity contribution in [2.24, 2.45) is 0 Å². The first kappa shape index (κ1) is 14.5. The van der Waals surface area contributed by atoms with Gasteiger partial charge in [-0.05, 0) is 42.5 Å². The van der Waals surface area contributed by atoms with Gasteiger partial charge in [0.05, 0.1) is 12.2 Å². The van der Waals surface area contributed by atoms with Gasteiger partial charge in [-0.25, -0.2) is 4.39 Å². The maximum Gasteiger partial charge on any atom is 0.134 e. The Hall–Kier alpha value is -2.13. The van der Waals surface area contributed by atoms with Gasteiger partial charge in [0.25, 0.3) is 0 Å². The first-order valence-corrected chi connectivity index (χ1v) is 8.11. The van der Waals surface area contributed by atoms with Crippen molar-refractivity contribution in [3.8, 4) is 5.75 Å². The smallest absolute Gasteiger partial charge is 0.134 e. The van der Waals surface area contributed by atoms with Crippen LogP contribution in [0.2, 0.25) is 0 Å². The molecule has 3 heteroatoms. The standard InChI is InChI=1S/C20H19FO2/c21-20-12-16(22-13-14-4-2-1-3-5-14)8-9-19(20)15-10-17-6-7-18(11-15)23-17/h1-5,8-10,12,17-18H,6-7,11,13H2. The SMILES string of the molecule is Fc1cc(OCc2ccccc2)ccc1C1=CC2CCC(C1)O2. The molecule has 2 aliphatic heterocycles. The van der Waals surface area contributed by atoms with Crippen LogP contribution in [-0.2, 0) is 11.3 Å².